The van der Waals surface area contributed by atoms with Gasteiger partial charge in [-0.3, -0.25) is 5.41 Å². The molecule has 6 nitrogen and oxygen atoms in total. The van der Waals surface area contributed by atoms with Crippen LogP contribution in [0.1, 0.15) is 64.2 Å². The summed E-state index contributed by atoms with van der Waals surface area (Å²) in [5, 5.41) is 18.4. The SMILES string of the molecule is N=C=O.N=C=O.N=CN(C1CCCCC1)C1CCCCC1. The molecule has 0 atom stereocenters. The minimum Gasteiger partial charge on any atom is -0.357 e. The van der Waals surface area contributed by atoms with Crippen molar-refractivity contribution in [2.75, 3.05) is 0 Å². The third kappa shape index (κ3) is 8.18. The van der Waals surface area contributed by atoms with E-state index in [-0.39, 0.29) is 0 Å². The van der Waals surface area contributed by atoms with Gasteiger partial charge in [-0.2, -0.15) is 0 Å². The first-order valence-electron chi connectivity index (χ1n) is 7.60. The molecule has 0 aromatic rings. The molecule has 0 aliphatic heterocycles. The highest BCUT2D eigenvalue weighted by Gasteiger charge is 2.26. The van der Waals surface area contributed by atoms with Crippen LogP contribution in [-0.2, 0) is 9.59 Å². The fourth-order valence-electron chi connectivity index (χ4n) is 3.27. The summed E-state index contributed by atoms with van der Waals surface area (Å²) >= 11 is 0. The molecule has 0 bridgehead atoms. The molecule has 2 aliphatic carbocycles. The van der Waals surface area contributed by atoms with Crippen LogP contribution in [0.5, 0.6) is 0 Å². The highest BCUT2D eigenvalue weighted by Crippen LogP contribution is 2.28. The lowest BCUT2D eigenvalue weighted by atomic mass is 9.89. The zero-order valence-corrected chi connectivity index (χ0v) is 12.6. The zero-order valence-electron chi connectivity index (χ0n) is 12.6. The predicted octanol–water partition coefficient (Wildman–Crippen LogP) is 3.36. The van der Waals surface area contributed by atoms with Gasteiger partial charge in [0.2, 0.25) is 12.2 Å². The van der Waals surface area contributed by atoms with Crippen LogP contribution in [0.25, 0.3) is 0 Å². The van der Waals surface area contributed by atoms with Gasteiger partial charge < -0.3 is 4.90 Å². The monoisotopic (exact) mass is 294 g/mol. The molecule has 0 heterocycles. The van der Waals surface area contributed by atoms with Crippen LogP contribution >= 0.6 is 0 Å². The van der Waals surface area contributed by atoms with Crippen molar-refractivity contribution in [1.82, 2.24) is 4.90 Å². The summed E-state index contributed by atoms with van der Waals surface area (Å²) in [6.45, 7) is 0. The van der Waals surface area contributed by atoms with Gasteiger partial charge in [0.25, 0.3) is 0 Å². The van der Waals surface area contributed by atoms with E-state index in [1.54, 1.807) is 6.34 Å². The molecule has 0 unspecified atom stereocenters. The van der Waals surface area contributed by atoms with Crippen LogP contribution < -0.4 is 0 Å². The van der Waals surface area contributed by atoms with Crippen molar-refractivity contribution in [2.24, 2.45) is 0 Å². The van der Waals surface area contributed by atoms with E-state index in [2.05, 4.69) is 4.90 Å². The van der Waals surface area contributed by atoms with E-state index in [4.69, 9.17) is 25.8 Å². The Morgan fingerprint density at radius 2 is 1.05 bits per heavy atom. The normalized spacial score (nSPS) is 18.7. The maximum atomic E-state index is 8.35. The highest BCUT2D eigenvalue weighted by atomic mass is 16.1. The Morgan fingerprint density at radius 1 is 0.762 bits per heavy atom. The lowest BCUT2D eigenvalue weighted by Gasteiger charge is -2.40. The quantitative estimate of drug-likeness (QED) is 0.421. The van der Waals surface area contributed by atoms with Crippen LogP contribution in [-0.4, -0.2) is 35.5 Å². The second-order valence-corrected chi connectivity index (χ2v) is 5.36. The molecule has 118 valence electrons. The Kier molecular flexibility index (Phi) is 12.1. The molecule has 2 fully saturated rings. The van der Waals surface area contributed by atoms with E-state index >= 15 is 0 Å². The summed E-state index contributed by atoms with van der Waals surface area (Å²) in [6, 6.07) is 1.39. The van der Waals surface area contributed by atoms with Crippen LogP contribution in [0.3, 0.4) is 0 Å². The Labute approximate surface area is 126 Å². The molecule has 0 saturated heterocycles. The number of hydrogen-bond acceptors (Lipinski definition) is 5. The van der Waals surface area contributed by atoms with E-state index in [0.717, 1.165) is 12.2 Å². The van der Waals surface area contributed by atoms with E-state index in [1.165, 1.54) is 64.2 Å². The number of isocyanates is 2. The fourth-order valence-corrected chi connectivity index (χ4v) is 3.27. The van der Waals surface area contributed by atoms with Crippen molar-refractivity contribution in [3.8, 4) is 0 Å². The number of nitrogens with one attached hydrogen (secondary N) is 3. The van der Waals surface area contributed by atoms with Crippen LogP contribution in [0.2, 0.25) is 0 Å². The lowest BCUT2D eigenvalue weighted by Crippen LogP contribution is -2.44. The first kappa shape index (κ1) is 19.2. The average Bonchev–Trinajstić information content (AvgIpc) is 2.52. The molecule has 0 radical (unpaired) electrons. The molecular formula is C15H26N4O2. The Bertz CT molecular complexity index is 306. The number of carbonyl (C=O) groups excluding carboxylic acids is 2. The Balaban J connectivity index is 0.000000578. The number of rotatable bonds is 3. The number of hydrogen-bond donors (Lipinski definition) is 3. The van der Waals surface area contributed by atoms with Gasteiger partial charge in [-0.25, -0.2) is 20.4 Å². The van der Waals surface area contributed by atoms with Crippen molar-refractivity contribution in [2.45, 2.75) is 76.3 Å². The van der Waals surface area contributed by atoms with Crippen molar-refractivity contribution in [3.05, 3.63) is 0 Å². The first-order chi connectivity index (χ1) is 10.2. The third-order valence-corrected chi connectivity index (χ3v) is 4.14. The molecule has 2 saturated carbocycles. The number of nitrogens with zero attached hydrogens (tertiary/aromatic N) is 1. The van der Waals surface area contributed by atoms with E-state index in [1.807, 2.05) is 0 Å². The fraction of sp³-hybridized carbons (Fsp3) is 0.800. The van der Waals surface area contributed by atoms with Crippen molar-refractivity contribution in [3.63, 3.8) is 0 Å². The summed E-state index contributed by atoms with van der Waals surface area (Å²) in [6.07, 6.45) is 16.8. The van der Waals surface area contributed by atoms with Gasteiger partial charge >= 0.3 is 0 Å². The van der Waals surface area contributed by atoms with E-state index < -0.39 is 0 Å². The molecular weight excluding hydrogens is 268 g/mol. The minimum atomic E-state index is 0.694. The van der Waals surface area contributed by atoms with E-state index in [0.29, 0.717) is 12.1 Å². The average molecular weight is 294 g/mol. The lowest BCUT2D eigenvalue weighted by molar-refractivity contribution is 0.162. The maximum Gasteiger partial charge on any atom is 0.231 e. The summed E-state index contributed by atoms with van der Waals surface area (Å²) < 4.78 is 0. The molecule has 2 rings (SSSR count). The predicted molar refractivity (Wildman–Crippen MR) is 81.2 cm³/mol. The highest BCUT2D eigenvalue weighted by molar-refractivity contribution is 5.52. The summed E-state index contributed by atoms with van der Waals surface area (Å²) in [7, 11) is 0. The Morgan fingerprint density at radius 3 is 1.29 bits per heavy atom. The van der Waals surface area contributed by atoms with Gasteiger partial charge in [0.1, 0.15) is 0 Å². The largest absolute Gasteiger partial charge is 0.357 e. The molecule has 6 heteroatoms. The topological polar surface area (TPSA) is 109 Å². The van der Waals surface area contributed by atoms with Crippen molar-refractivity contribution < 1.29 is 9.59 Å². The van der Waals surface area contributed by atoms with Gasteiger partial charge in [-0.05, 0) is 25.7 Å². The maximum absolute atomic E-state index is 8.35. The molecule has 21 heavy (non-hydrogen) atoms. The van der Waals surface area contributed by atoms with Gasteiger partial charge in [0.15, 0.2) is 0 Å². The molecule has 0 aromatic carbocycles. The van der Waals surface area contributed by atoms with Gasteiger partial charge in [0.05, 0.1) is 6.34 Å². The second kappa shape index (κ2) is 13.2. The van der Waals surface area contributed by atoms with E-state index in [9.17, 15) is 0 Å². The molecule has 0 amide bonds. The minimum absolute atomic E-state index is 0.694. The van der Waals surface area contributed by atoms with Crippen LogP contribution in [0.4, 0.5) is 0 Å². The molecule has 0 spiro atoms. The second-order valence-electron chi connectivity index (χ2n) is 5.36. The molecule has 0 aromatic heterocycles. The van der Waals surface area contributed by atoms with Crippen LogP contribution in [0, 0.1) is 16.2 Å². The van der Waals surface area contributed by atoms with Crippen molar-refractivity contribution >= 4 is 18.5 Å². The standard InChI is InChI=1S/C13H24N2.2CHNO/c14-11-15(12-7-3-1-4-8-12)13-9-5-2-6-10-13;2*2-1-3/h11-14H,1-10H2;2*2H. The summed E-state index contributed by atoms with van der Waals surface area (Å²) in [4.78, 5) is 19.1. The van der Waals surface area contributed by atoms with Crippen molar-refractivity contribution in [1.29, 1.82) is 16.2 Å². The van der Waals surface area contributed by atoms with Gasteiger partial charge in [0, 0.05) is 12.1 Å². The molecule has 2 aliphatic rings. The molecule has 3 N–H and O–H groups in total. The summed E-state index contributed by atoms with van der Waals surface area (Å²) in [5.74, 6) is 0. The summed E-state index contributed by atoms with van der Waals surface area (Å²) in [5.41, 5.74) is 0. The zero-order chi connectivity index (χ0) is 15.9. The smallest absolute Gasteiger partial charge is 0.231 e. The van der Waals surface area contributed by atoms with Gasteiger partial charge in [-0.1, -0.05) is 38.5 Å². The first-order valence-corrected chi connectivity index (χ1v) is 7.60. The Hall–Kier alpha value is -1.77. The third-order valence-electron chi connectivity index (χ3n) is 4.14. The van der Waals surface area contributed by atoms with Crippen LogP contribution in [0.15, 0.2) is 0 Å². The van der Waals surface area contributed by atoms with Gasteiger partial charge in [-0.15, -0.1) is 0 Å².